The van der Waals surface area contributed by atoms with E-state index < -0.39 is 4.92 Å². The van der Waals surface area contributed by atoms with Crippen LogP contribution in [-0.2, 0) is 6.54 Å². The fraction of sp³-hybridized carbons (Fsp3) is 0.286. The predicted octanol–water partition coefficient (Wildman–Crippen LogP) is 2.60. The van der Waals surface area contributed by atoms with Crippen LogP contribution in [0.1, 0.15) is 13.8 Å². The van der Waals surface area contributed by atoms with E-state index in [2.05, 4.69) is 4.98 Å². The van der Waals surface area contributed by atoms with E-state index in [-0.39, 0.29) is 17.1 Å². The van der Waals surface area contributed by atoms with Crippen molar-refractivity contribution in [3.8, 4) is 11.6 Å². The molecule has 0 amide bonds. The third kappa shape index (κ3) is 3.65. The highest BCUT2D eigenvalue weighted by molar-refractivity contribution is 5.37. The molecule has 1 heterocycles. The standard InChI is InChI=1S/C14H15N3O4/c1-10(2)9-16-8-7-15-13(14(16)18)21-12-5-3-11(4-6-12)17(19)20/h3-8,10H,9H2,1-2H3. The Bertz CT molecular complexity index is 692. The van der Waals surface area contributed by atoms with Crippen LogP contribution in [0, 0.1) is 16.0 Å². The molecule has 0 saturated carbocycles. The van der Waals surface area contributed by atoms with Crippen LogP contribution in [-0.4, -0.2) is 14.5 Å². The van der Waals surface area contributed by atoms with Crippen molar-refractivity contribution in [2.75, 3.05) is 0 Å². The number of rotatable bonds is 5. The molecule has 0 aliphatic rings. The van der Waals surface area contributed by atoms with Gasteiger partial charge in [-0.2, -0.15) is 0 Å². The van der Waals surface area contributed by atoms with E-state index >= 15 is 0 Å². The number of hydrogen-bond acceptors (Lipinski definition) is 5. The van der Waals surface area contributed by atoms with E-state index in [1.807, 2.05) is 13.8 Å². The average Bonchev–Trinajstić information content (AvgIpc) is 2.43. The molecule has 7 nitrogen and oxygen atoms in total. The highest BCUT2D eigenvalue weighted by Crippen LogP contribution is 2.20. The molecule has 0 atom stereocenters. The maximum atomic E-state index is 12.2. The monoisotopic (exact) mass is 289 g/mol. The van der Waals surface area contributed by atoms with Gasteiger partial charge in [0.2, 0.25) is 0 Å². The lowest BCUT2D eigenvalue weighted by Gasteiger charge is -2.10. The maximum Gasteiger partial charge on any atom is 0.313 e. The van der Waals surface area contributed by atoms with E-state index in [9.17, 15) is 14.9 Å². The number of aromatic nitrogens is 2. The van der Waals surface area contributed by atoms with Crippen LogP contribution in [0.3, 0.4) is 0 Å². The molecule has 1 aromatic carbocycles. The van der Waals surface area contributed by atoms with Gasteiger partial charge in [-0.3, -0.25) is 14.9 Å². The second-order valence-corrected chi connectivity index (χ2v) is 4.94. The van der Waals surface area contributed by atoms with E-state index in [1.54, 1.807) is 6.20 Å². The quantitative estimate of drug-likeness (QED) is 0.623. The second kappa shape index (κ2) is 6.17. The Morgan fingerprint density at radius 2 is 2.00 bits per heavy atom. The van der Waals surface area contributed by atoms with Gasteiger partial charge in [-0.15, -0.1) is 0 Å². The number of nitro groups is 1. The molecular weight excluding hydrogens is 274 g/mol. The molecule has 2 rings (SSSR count). The molecule has 0 aliphatic heterocycles. The summed E-state index contributed by atoms with van der Waals surface area (Å²) >= 11 is 0. The van der Waals surface area contributed by atoms with Crippen molar-refractivity contribution in [2.45, 2.75) is 20.4 Å². The van der Waals surface area contributed by atoms with Crippen molar-refractivity contribution in [1.82, 2.24) is 9.55 Å². The van der Waals surface area contributed by atoms with E-state index in [4.69, 9.17) is 4.74 Å². The summed E-state index contributed by atoms with van der Waals surface area (Å²) in [5.74, 6) is 0.594. The molecule has 110 valence electrons. The minimum absolute atomic E-state index is 0.0411. The summed E-state index contributed by atoms with van der Waals surface area (Å²) in [5, 5.41) is 10.6. The van der Waals surface area contributed by atoms with E-state index in [0.717, 1.165) is 0 Å². The zero-order valence-electron chi connectivity index (χ0n) is 11.7. The van der Waals surface area contributed by atoms with Crippen LogP contribution < -0.4 is 10.3 Å². The number of non-ortho nitro benzene ring substituents is 1. The minimum atomic E-state index is -0.500. The molecular formula is C14H15N3O4. The van der Waals surface area contributed by atoms with Crippen LogP contribution in [0.4, 0.5) is 5.69 Å². The first-order valence-electron chi connectivity index (χ1n) is 6.45. The molecule has 0 unspecified atom stereocenters. The fourth-order valence-electron chi connectivity index (χ4n) is 1.78. The largest absolute Gasteiger partial charge is 0.435 e. The summed E-state index contributed by atoms with van der Waals surface area (Å²) in [5.41, 5.74) is -0.370. The normalized spacial score (nSPS) is 10.6. The lowest BCUT2D eigenvalue weighted by Crippen LogP contribution is -2.23. The van der Waals surface area contributed by atoms with Gasteiger partial charge in [0, 0.05) is 31.1 Å². The Labute approximate surface area is 121 Å². The SMILES string of the molecule is CC(C)Cn1ccnc(Oc2ccc([N+](=O)[O-])cc2)c1=O. The first kappa shape index (κ1) is 14.7. The Kier molecular flexibility index (Phi) is 4.32. The molecule has 0 fully saturated rings. The van der Waals surface area contributed by atoms with Crippen molar-refractivity contribution in [2.24, 2.45) is 5.92 Å². The summed E-state index contributed by atoms with van der Waals surface area (Å²) in [6.07, 6.45) is 3.09. The molecule has 0 saturated heterocycles. The number of nitrogens with zero attached hydrogens (tertiary/aromatic N) is 3. The van der Waals surface area contributed by atoms with Crippen LogP contribution in [0.15, 0.2) is 41.5 Å². The highest BCUT2D eigenvalue weighted by atomic mass is 16.6. The first-order chi connectivity index (χ1) is 9.97. The molecule has 7 heteroatoms. The second-order valence-electron chi connectivity index (χ2n) is 4.94. The molecule has 21 heavy (non-hydrogen) atoms. The average molecular weight is 289 g/mol. The summed E-state index contributed by atoms with van der Waals surface area (Å²) < 4.78 is 6.93. The van der Waals surface area contributed by atoms with Crippen LogP contribution in [0.5, 0.6) is 11.6 Å². The fourth-order valence-corrected chi connectivity index (χ4v) is 1.78. The van der Waals surface area contributed by atoms with Crippen LogP contribution in [0.25, 0.3) is 0 Å². The molecule has 1 aromatic heterocycles. The first-order valence-corrected chi connectivity index (χ1v) is 6.45. The number of ether oxygens (including phenoxy) is 1. The summed E-state index contributed by atoms with van der Waals surface area (Å²) in [6.45, 7) is 4.57. The van der Waals surface area contributed by atoms with Gasteiger partial charge in [0.25, 0.3) is 11.6 Å². The Morgan fingerprint density at radius 1 is 1.33 bits per heavy atom. The van der Waals surface area contributed by atoms with Gasteiger partial charge in [0.1, 0.15) is 5.75 Å². The molecule has 2 aromatic rings. The predicted molar refractivity (Wildman–Crippen MR) is 76.5 cm³/mol. The summed E-state index contributed by atoms with van der Waals surface area (Å²) in [4.78, 5) is 26.1. The molecule has 0 spiro atoms. The maximum absolute atomic E-state index is 12.2. The smallest absolute Gasteiger partial charge is 0.313 e. The number of hydrogen-bond donors (Lipinski definition) is 0. The highest BCUT2D eigenvalue weighted by Gasteiger charge is 2.10. The third-order valence-electron chi connectivity index (χ3n) is 2.71. The van der Waals surface area contributed by atoms with Crippen LogP contribution in [0.2, 0.25) is 0 Å². The Morgan fingerprint density at radius 3 is 2.57 bits per heavy atom. The zero-order chi connectivity index (χ0) is 15.4. The summed E-state index contributed by atoms with van der Waals surface area (Å²) in [6, 6.07) is 5.48. The van der Waals surface area contributed by atoms with E-state index in [0.29, 0.717) is 18.2 Å². The van der Waals surface area contributed by atoms with Gasteiger partial charge in [0.05, 0.1) is 4.92 Å². The third-order valence-corrected chi connectivity index (χ3v) is 2.71. The van der Waals surface area contributed by atoms with Gasteiger partial charge in [-0.25, -0.2) is 4.98 Å². The van der Waals surface area contributed by atoms with Crippen molar-refractivity contribution >= 4 is 5.69 Å². The van der Waals surface area contributed by atoms with Crippen molar-refractivity contribution in [3.05, 3.63) is 57.1 Å². The lowest BCUT2D eigenvalue weighted by atomic mass is 10.2. The van der Waals surface area contributed by atoms with Gasteiger partial charge in [-0.05, 0) is 18.1 Å². The Hall–Kier alpha value is -2.70. The van der Waals surface area contributed by atoms with E-state index in [1.165, 1.54) is 35.0 Å². The summed E-state index contributed by atoms with van der Waals surface area (Å²) in [7, 11) is 0. The lowest BCUT2D eigenvalue weighted by molar-refractivity contribution is -0.384. The molecule has 0 N–H and O–H groups in total. The van der Waals surface area contributed by atoms with Gasteiger partial charge in [0.15, 0.2) is 0 Å². The molecule has 0 aliphatic carbocycles. The van der Waals surface area contributed by atoms with Crippen molar-refractivity contribution in [1.29, 1.82) is 0 Å². The Balaban J connectivity index is 2.23. The minimum Gasteiger partial charge on any atom is -0.435 e. The zero-order valence-corrected chi connectivity index (χ0v) is 11.7. The van der Waals surface area contributed by atoms with Gasteiger partial charge >= 0.3 is 5.56 Å². The number of nitro benzene ring substituents is 1. The van der Waals surface area contributed by atoms with Crippen molar-refractivity contribution in [3.63, 3.8) is 0 Å². The van der Waals surface area contributed by atoms with Gasteiger partial charge in [-0.1, -0.05) is 13.8 Å². The van der Waals surface area contributed by atoms with Crippen molar-refractivity contribution < 1.29 is 9.66 Å². The topological polar surface area (TPSA) is 87.3 Å². The van der Waals surface area contributed by atoms with Gasteiger partial charge < -0.3 is 9.30 Å². The molecule has 0 radical (unpaired) electrons. The molecule has 0 bridgehead atoms. The number of benzene rings is 1. The van der Waals surface area contributed by atoms with Crippen LogP contribution >= 0.6 is 0 Å².